The van der Waals surface area contributed by atoms with E-state index < -0.39 is 5.82 Å². The van der Waals surface area contributed by atoms with E-state index in [1.807, 2.05) is 12.1 Å². The second-order valence-corrected chi connectivity index (χ2v) is 5.19. The second-order valence-electron chi connectivity index (χ2n) is 5.19. The fourth-order valence-electron chi connectivity index (χ4n) is 2.64. The van der Waals surface area contributed by atoms with Crippen LogP contribution >= 0.6 is 0 Å². The van der Waals surface area contributed by atoms with E-state index in [0.717, 1.165) is 36.3 Å². The molecule has 0 aromatic heterocycles. The summed E-state index contributed by atoms with van der Waals surface area (Å²) < 4.78 is 24.3. The van der Waals surface area contributed by atoms with Gasteiger partial charge in [0.15, 0.2) is 11.6 Å². The molecule has 110 valence electrons. The Balaban J connectivity index is 1.91. The molecule has 0 aliphatic carbocycles. The first-order valence-electron chi connectivity index (χ1n) is 7.03. The monoisotopic (exact) mass is 287 g/mol. The van der Waals surface area contributed by atoms with Crippen molar-refractivity contribution in [1.82, 2.24) is 0 Å². The standard InChI is InChI=1S/C17H18FNO2/c1-20-16-7-5-13(10-14(16)18)17(19)12-4-6-15-11(9-12)3-2-8-21-15/h4-7,9-10,17H,2-3,8,19H2,1H3. The molecule has 1 heterocycles. The topological polar surface area (TPSA) is 44.5 Å². The Kier molecular flexibility index (Phi) is 3.80. The van der Waals surface area contributed by atoms with Crippen LogP contribution < -0.4 is 15.2 Å². The van der Waals surface area contributed by atoms with Crippen LogP contribution in [0.2, 0.25) is 0 Å². The van der Waals surface area contributed by atoms with Crippen molar-refractivity contribution in [2.24, 2.45) is 5.73 Å². The summed E-state index contributed by atoms with van der Waals surface area (Å²) in [7, 11) is 1.45. The molecule has 0 bridgehead atoms. The summed E-state index contributed by atoms with van der Waals surface area (Å²) in [5, 5.41) is 0. The van der Waals surface area contributed by atoms with Crippen LogP contribution in [0.1, 0.15) is 29.2 Å². The zero-order valence-electron chi connectivity index (χ0n) is 11.9. The van der Waals surface area contributed by atoms with Gasteiger partial charge in [0.1, 0.15) is 5.75 Å². The van der Waals surface area contributed by atoms with Gasteiger partial charge in [-0.3, -0.25) is 0 Å². The zero-order chi connectivity index (χ0) is 14.8. The number of hydrogen-bond acceptors (Lipinski definition) is 3. The van der Waals surface area contributed by atoms with Crippen LogP contribution in [-0.2, 0) is 6.42 Å². The molecule has 0 spiro atoms. The molecular formula is C17H18FNO2. The smallest absolute Gasteiger partial charge is 0.165 e. The average Bonchev–Trinajstić information content (AvgIpc) is 2.53. The van der Waals surface area contributed by atoms with Crippen LogP contribution in [-0.4, -0.2) is 13.7 Å². The summed E-state index contributed by atoms with van der Waals surface area (Å²) in [4.78, 5) is 0. The lowest BCUT2D eigenvalue weighted by molar-refractivity contribution is 0.288. The van der Waals surface area contributed by atoms with Crippen molar-refractivity contribution in [1.29, 1.82) is 0 Å². The minimum absolute atomic E-state index is 0.227. The minimum atomic E-state index is -0.397. The number of benzene rings is 2. The van der Waals surface area contributed by atoms with Crippen LogP contribution in [0.4, 0.5) is 4.39 Å². The highest BCUT2D eigenvalue weighted by Crippen LogP contribution is 2.30. The zero-order valence-corrected chi connectivity index (χ0v) is 11.9. The predicted molar refractivity (Wildman–Crippen MR) is 79.2 cm³/mol. The molecule has 2 aromatic carbocycles. The van der Waals surface area contributed by atoms with Crippen LogP contribution in [0.3, 0.4) is 0 Å². The normalized spacial score (nSPS) is 15.0. The number of aryl methyl sites for hydroxylation is 1. The van der Waals surface area contributed by atoms with E-state index in [0.29, 0.717) is 0 Å². The number of hydrogen-bond donors (Lipinski definition) is 1. The highest BCUT2D eigenvalue weighted by atomic mass is 19.1. The third-order valence-corrected chi connectivity index (χ3v) is 3.83. The number of nitrogens with two attached hydrogens (primary N) is 1. The SMILES string of the molecule is COc1ccc(C(N)c2ccc3c(c2)CCCO3)cc1F. The molecule has 3 nitrogen and oxygen atoms in total. The van der Waals surface area contributed by atoms with E-state index >= 15 is 0 Å². The van der Waals surface area contributed by atoms with E-state index in [2.05, 4.69) is 6.07 Å². The van der Waals surface area contributed by atoms with Gasteiger partial charge >= 0.3 is 0 Å². The second kappa shape index (κ2) is 5.74. The number of halogens is 1. The third-order valence-electron chi connectivity index (χ3n) is 3.83. The van der Waals surface area contributed by atoms with Gasteiger partial charge in [0.05, 0.1) is 19.8 Å². The maximum absolute atomic E-state index is 13.8. The molecular weight excluding hydrogens is 269 g/mol. The lowest BCUT2D eigenvalue weighted by Gasteiger charge is -2.20. The van der Waals surface area contributed by atoms with E-state index in [9.17, 15) is 4.39 Å². The summed E-state index contributed by atoms with van der Waals surface area (Å²) in [5.74, 6) is 0.759. The molecule has 0 fully saturated rings. The van der Waals surface area contributed by atoms with Gasteiger partial charge in [-0.25, -0.2) is 4.39 Å². The number of fused-ring (bicyclic) bond motifs is 1. The quantitative estimate of drug-likeness (QED) is 0.942. The molecule has 0 saturated carbocycles. The predicted octanol–water partition coefficient (Wildman–Crippen LogP) is 3.21. The van der Waals surface area contributed by atoms with E-state index in [-0.39, 0.29) is 11.8 Å². The van der Waals surface area contributed by atoms with Crippen LogP contribution in [0, 0.1) is 5.82 Å². The molecule has 2 N–H and O–H groups in total. The van der Waals surface area contributed by atoms with E-state index in [1.165, 1.54) is 18.7 Å². The number of methoxy groups -OCH3 is 1. The Labute approximate surface area is 123 Å². The molecule has 21 heavy (non-hydrogen) atoms. The first kappa shape index (κ1) is 13.9. The van der Waals surface area contributed by atoms with Gasteiger partial charge in [0, 0.05) is 0 Å². The molecule has 2 aromatic rings. The van der Waals surface area contributed by atoms with Crippen LogP contribution in [0.25, 0.3) is 0 Å². The fraction of sp³-hybridized carbons (Fsp3) is 0.294. The Morgan fingerprint density at radius 2 is 1.95 bits per heavy atom. The molecule has 1 aliphatic heterocycles. The molecule has 0 radical (unpaired) electrons. The summed E-state index contributed by atoms with van der Waals surface area (Å²) >= 11 is 0. The lowest BCUT2D eigenvalue weighted by Crippen LogP contribution is -2.14. The largest absolute Gasteiger partial charge is 0.494 e. The fourth-order valence-corrected chi connectivity index (χ4v) is 2.64. The maximum atomic E-state index is 13.8. The van der Waals surface area contributed by atoms with E-state index in [4.69, 9.17) is 15.2 Å². The molecule has 3 rings (SSSR count). The lowest BCUT2D eigenvalue weighted by atomic mass is 9.95. The molecule has 1 unspecified atom stereocenters. The first-order chi connectivity index (χ1) is 10.2. The van der Waals surface area contributed by atoms with Gasteiger partial charge in [0.25, 0.3) is 0 Å². The Hall–Kier alpha value is -2.07. The first-order valence-corrected chi connectivity index (χ1v) is 7.03. The molecule has 4 heteroatoms. The molecule has 0 amide bonds. The Bertz CT molecular complexity index is 657. The number of ether oxygens (including phenoxy) is 2. The van der Waals surface area contributed by atoms with Crippen molar-refractivity contribution < 1.29 is 13.9 Å². The van der Waals surface area contributed by atoms with Crippen molar-refractivity contribution >= 4 is 0 Å². The Morgan fingerprint density at radius 3 is 2.71 bits per heavy atom. The van der Waals surface area contributed by atoms with Crippen LogP contribution in [0.5, 0.6) is 11.5 Å². The van der Waals surface area contributed by atoms with Crippen molar-refractivity contribution in [2.45, 2.75) is 18.9 Å². The summed E-state index contributed by atoms with van der Waals surface area (Å²) in [6.45, 7) is 0.766. The van der Waals surface area contributed by atoms with Crippen molar-refractivity contribution in [3.05, 3.63) is 58.9 Å². The van der Waals surface area contributed by atoms with Gasteiger partial charge in [-0.15, -0.1) is 0 Å². The average molecular weight is 287 g/mol. The number of rotatable bonds is 3. The highest BCUT2D eigenvalue weighted by molar-refractivity contribution is 5.43. The van der Waals surface area contributed by atoms with Gasteiger partial charge in [-0.1, -0.05) is 18.2 Å². The highest BCUT2D eigenvalue weighted by Gasteiger charge is 2.16. The van der Waals surface area contributed by atoms with Crippen molar-refractivity contribution in [3.8, 4) is 11.5 Å². The molecule has 0 saturated heterocycles. The maximum Gasteiger partial charge on any atom is 0.165 e. The summed E-state index contributed by atoms with van der Waals surface area (Å²) in [6, 6.07) is 10.4. The third kappa shape index (κ3) is 2.72. The van der Waals surface area contributed by atoms with Crippen LogP contribution in [0.15, 0.2) is 36.4 Å². The molecule has 1 atom stereocenters. The molecule has 1 aliphatic rings. The van der Waals surface area contributed by atoms with Gasteiger partial charge in [-0.2, -0.15) is 0 Å². The van der Waals surface area contributed by atoms with Crippen molar-refractivity contribution in [3.63, 3.8) is 0 Å². The summed E-state index contributed by atoms with van der Waals surface area (Å²) in [6.07, 6.45) is 2.01. The minimum Gasteiger partial charge on any atom is -0.494 e. The van der Waals surface area contributed by atoms with Gasteiger partial charge < -0.3 is 15.2 Å². The van der Waals surface area contributed by atoms with E-state index in [1.54, 1.807) is 12.1 Å². The Morgan fingerprint density at radius 1 is 1.19 bits per heavy atom. The van der Waals surface area contributed by atoms with Crippen molar-refractivity contribution in [2.75, 3.05) is 13.7 Å². The van der Waals surface area contributed by atoms with Gasteiger partial charge in [0.2, 0.25) is 0 Å². The van der Waals surface area contributed by atoms with Gasteiger partial charge in [-0.05, 0) is 47.7 Å². The summed E-state index contributed by atoms with van der Waals surface area (Å²) in [5.41, 5.74) is 9.12.